The van der Waals surface area contributed by atoms with E-state index < -0.39 is 0 Å². The van der Waals surface area contributed by atoms with Crippen molar-refractivity contribution in [1.82, 2.24) is 0 Å². The molecule has 5 atom stereocenters. The van der Waals surface area contributed by atoms with Gasteiger partial charge in [-0.05, 0) is 66.3 Å². The second-order valence-corrected chi connectivity index (χ2v) is 9.12. The summed E-state index contributed by atoms with van der Waals surface area (Å²) >= 11 is 0. The Kier molecular flexibility index (Phi) is 6.37. The first kappa shape index (κ1) is 20.4. The lowest BCUT2D eigenvalue weighted by atomic mass is 9.47. The molecule has 0 saturated heterocycles. The number of ether oxygens (including phenoxy) is 1. The average Bonchev–Trinajstić information content (AvgIpc) is 2.56. The minimum absolute atomic E-state index is 0.0977. The maximum absolute atomic E-state index is 11.5. The molecule has 2 rings (SSSR count). The molecule has 0 heterocycles. The van der Waals surface area contributed by atoms with E-state index in [1.165, 1.54) is 7.11 Å². The molecular weight excluding hydrogens is 316 g/mol. The van der Waals surface area contributed by atoms with E-state index in [1.807, 2.05) is 0 Å². The smallest absolute Gasteiger partial charge is 0.305 e. The number of allylic oxidation sites excluding steroid dienone is 1. The van der Waals surface area contributed by atoms with E-state index in [2.05, 4.69) is 33.8 Å². The van der Waals surface area contributed by atoms with E-state index in [-0.39, 0.29) is 35.4 Å². The van der Waals surface area contributed by atoms with Crippen LogP contribution in [0.3, 0.4) is 0 Å². The Labute approximate surface area is 152 Å². The third-order valence-corrected chi connectivity index (χ3v) is 7.24. The first-order valence-corrected chi connectivity index (χ1v) is 9.71. The van der Waals surface area contributed by atoms with E-state index in [1.54, 1.807) is 0 Å². The Bertz CT molecular complexity index is 510. The molecule has 25 heavy (non-hydrogen) atoms. The molecule has 0 unspecified atom stereocenters. The summed E-state index contributed by atoms with van der Waals surface area (Å²) in [5.41, 5.74) is 1.14. The van der Waals surface area contributed by atoms with Crippen LogP contribution in [0.15, 0.2) is 11.6 Å². The lowest BCUT2D eigenvalue weighted by Crippen LogP contribution is -2.54. The van der Waals surface area contributed by atoms with Crippen molar-refractivity contribution in [1.29, 1.82) is 0 Å². The summed E-state index contributed by atoms with van der Waals surface area (Å²) in [5.74, 6) is 0.863. The van der Waals surface area contributed by atoms with Gasteiger partial charge < -0.3 is 14.9 Å². The van der Waals surface area contributed by atoms with Gasteiger partial charge >= 0.3 is 5.97 Å². The quantitative estimate of drug-likeness (QED) is 0.565. The summed E-state index contributed by atoms with van der Waals surface area (Å²) < 4.78 is 4.78. The van der Waals surface area contributed by atoms with Crippen molar-refractivity contribution >= 4 is 5.97 Å². The van der Waals surface area contributed by atoms with E-state index in [4.69, 9.17) is 4.74 Å². The maximum Gasteiger partial charge on any atom is 0.305 e. The van der Waals surface area contributed by atoms with Crippen LogP contribution in [0.5, 0.6) is 0 Å². The van der Waals surface area contributed by atoms with Crippen LogP contribution < -0.4 is 0 Å². The molecule has 4 nitrogen and oxygen atoms in total. The first-order chi connectivity index (χ1) is 11.7. The van der Waals surface area contributed by atoms with E-state index in [9.17, 15) is 15.0 Å². The molecule has 0 aromatic rings. The second-order valence-electron chi connectivity index (χ2n) is 9.12. The van der Waals surface area contributed by atoms with Crippen molar-refractivity contribution in [2.45, 2.75) is 72.3 Å². The highest BCUT2D eigenvalue weighted by atomic mass is 16.5. The van der Waals surface area contributed by atoms with Gasteiger partial charge in [0, 0.05) is 6.42 Å². The fourth-order valence-electron chi connectivity index (χ4n) is 5.51. The van der Waals surface area contributed by atoms with Crippen molar-refractivity contribution in [3.8, 4) is 0 Å². The molecule has 0 amide bonds. The second kappa shape index (κ2) is 7.79. The van der Waals surface area contributed by atoms with Gasteiger partial charge in [-0.25, -0.2) is 0 Å². The van der Waals surface area contributed by atoms with Crippen LogP contribution in [-0.4, -0.2) is 36.0 Å². The fourth-order valence-corrected chi connectivity index (χ4v) is 5.51. The molecule has 1 fully saturated rings. The number of hydrogen-bond acceptors (Lipinski definition) is 4. The van der Waals surface area contributed by atoms with Crippen LogP contribution in [0.2, 0.25) is 0 Å². The molecule has 0 bridgehead atoms. The van der Waals surface area contributed by atoms with Crippen molar-refractivity contribution in [2.24, 2.45) is 28.6 Å². The average molecular weight is 353 g/mol. The Balaban J connectivity index is 2.17. The lowest BCUT2D eigenvalue weighted by molar-refractivity contribution is -0.141. The summed E-state index contributed by atoms with van der Waals surface area (Å²) in [5, 5.41) is 20.4. The summed E-state index contributed by atoms with van der Waals surface area (Å²) in [6.07, 6.45) is 7.08. The van der Waals surface area contributed by atoms with E-state index in [0.717, 1.165) is 37.7 Å². The van der Waals surface area contributed by atoms with Gasteiger partial charge in [-0.3, -0.25) is 4.79 Å². The monoisotopic (exact) mass is 352 g/mol. The summed E-state index contributed by atoms with van der Waals surface area (Å²) in [6, 6.07) is 0. The minimum atomic E-state index is -0.256. The molecule has 2 aliphatic rings. The minimum Gasteiger partial charge on any atom is -0.469 e. The van der Waals surface area contributed by atoms with Gasteiger partial charge in [0.05, 0.1) is 19.8 Å². The Hall–Kier alpha value is -0.870. The zero-order valence-corrected chi connectivity index (χ0v) is 16.5. The summed E-state index contributed by atoms with van der Waals surface area (Å²) in [4.78, 5) is 11.5. The molecule has 4 heteroatoms. The zero-order chi connectivity index (χ0) is 18.8. The number of carbonyl (C=O) groups is 1. The molecule has 0 spiro atoms. The van der Waals surface area contributed by atoms with E-state index >= 15 is 0 Å². The van der Waals surface area contributed by atoms with Crippen LogP contribution in [-0.2, 0) is 9.53 Å². The van der Waals surface area contributed by atoms with Gasteiger partial charge in [-0.15, -0.1) is 0 Å². The number of rotatable bonds is 6. The maximum atomic E-state index is 11.5. The van der Waals surface area contributed by atoms with Crippen LogP contribution in [0, 0.1) is 28.6 Å². The molecule has 0 aliphatic heterocycles. The zero-order valence-electron chi connectivity index (χ0n) is 16.5. The molecular formula is C21H36O4. The Morgan fingerprint density at radius 3 is 2.68 bits per heavy atom. The van der Waals surface area contributed by atoms with Crippen LogP contribution in [0.25, 0.3) is 0 Å². The number of hydrogen-bond donors (Lipinski definition) is 2. The van der Waals surface area contributed by atoms with Crippen molar-refractivity contribution in [3.05, 3.63) is 11.6 Å². The highest BCUT2D eigenvalue weighted by Crippen LogP contribution is 2.60. The number of aliphatic hydroxyl groups is 2. The van der Waals surface area contributed by atoms with Gasteiger partial charge in [-0.1, -0.05) is 33.8 Å². The fraction of sp³-hybridized carbons (Fsp3) is 0.857. The van der Waals surface area contributed by atoms with Crippen molar-refractivity contribution in [3.63, 3.8) is 0 Å². The lowest BCUT2D eigenvalue weighted by Gasteiger charge is -2.58. The normalized spacial score (nSPS) is 35.5. The highest BCUT2D eigenvalue weighted by molar-refractivity contribution is 5.69. The molecule has 0 aromatic carbocycles. The van der Waals surface area contributed by atoms with Crippen LogP contribution in [0.1, 0.15) is 66.2 Å². The van der Waals surface area contributed by atoms with Gasteiger partial charge in [0.15, 0.2) is 0 Å². The van der Waals surface area contributed by atoms with Gasteiger partial charge in [0.25, 0.3) is 0 Å². The number of carbonyl (C=O) groups excluding carboxylic acids is 1. The van der Waals surface area contributed by atoms with Crippen LogP contribution in [0.4, 0.5) is 0 Å². The van der Waals surface area contributed by atoms with E-state index in [0.29, 0.717) is 18.3 Å². The molecule has 2 aliphatic carbocycles. The van der Waals surface area contributed by atoms with Gasteiger partial charge in [0.1, 0.15) is 0 Å². The number of esters is 1. The van der Waals surface area contributed by atoms with Crippen LogP contribution >= 0.6 is 0 Å². The molecule has 2 N–H and O–H groups in total. The predicted octanol–water partition coefficient (Wildman–Crippen LogP) is 3.71. The highest BCUT2D eigenvalue weighted by Gasteiger charge is 2.55. The topological polar surface area (TPSA) is 66.8 Å². The molecule has 0 aromatic heterocycles. The molecule has 1 saturated carbocycles. The third-order valence-electron chi connectivity index (χ3n) is 7.24. The number of fused-ring (bicyclic) bond motifs is 1. The SMILES string of the molecule is COC(=O)C[C@H](C)CC[C@@H]1C(CO)=CC[C@@H]2C(C)(C)[C@H](O)CC[C@@]12C. The molecule has 144 valence electrons. The van der Waals surface area contributed by atoms with Crippen molar-refractivity contribution in [2.75, 3.05) is 13.7 Å². The Morgan fingerprint density at radius 2 is 2.08 bits per heavy atom. The first-order valence-electron chi connectivity index (χ1n) is 9.71. The molecule has 0 radical (unpaired) electrons. The predicted molar refractivity (Wildman–Crippen MR) is 98.9 cm³/mol. The summed E-state index contributed by atoms with van der Waals surface area (Å²) in [6.45, 7) is 8.93. The number of aliphatic hydroxyl groups excluding tert-OH is 2. The van der Waals surface area contributed by atoms with Gasteiger partial charge in [-0.2, -0.15) is 0 Å². The summed E-state index contributed by atoms with van der Waals surface area (Å²) in [7, 11) is 1.43. The Morgan fingerprint density at radius 1 is 1.40 bits per heavy atom. The third kappa shape index (κ3) is 3.95. The largest absolute Gasteiger partial charge is 0.469 e. The van der Waals surface area contributed by atoms with Gasteiger partial charge in [0.2, 0.25) is 0 Å². The number of methoxy groups -OCH3 is 1. The van der Waals surface area contributed by atoms with Crippen molar-refractivity contribution < 1.29 is 19.7 Å². The standard InChI is InChI=1S/C21H36O4/c1-14(12-19(24)25-5)6-8-16-15(13-22)7-9-17-20(2,3)18(23)10-11-21(16,17)4/h7,14,16-18,22-23H,6,8-13H2,1-5H3/t14-,16-,17-,18-,21+/m1/s1.